The van der Waals surface area contributed by atoms with Crippen LogP contribution in [0.4, 0.5) is 0 Å². The number of nitrogens with zero attached hydrogens (tertiary/aromatic N) is 3. The largest absolute Gasteiger partial charge is 0.353 e. The van der Waals surface area contributed by atoms with Crippen molar-refractivity contribution in [1.82, 2.24) is 14.9 Å². The minimum absolute atomic E-state index is 0.0131. The Kier molecular flexibility index (Phi) is 4.94. The van der Waals surface area contributed by atoms with Gasteiger partial charge in [-0.2, -0.15) is 5.26 Å². The number of benzene rings is 1. The summed E-state index contributed by atoms with van der Waals surface area (Å²) in [6, 6.07) is 8.33. The van der Waals surface area contributed by atoms with Gasteiger partial charge in [0, 0.05) is 33.9 Å². The lowest BCUT2D eigenvalue weighted by molar-refractivity contribution is -0.124. The number of thiazole rings is 1. The van der Waals surface area contributed by atoms with E-state index in [9.17, 15) is 10.1 Å². The van der Waals surface area contributed by atoms with Gasteiger partial charge in [-0.25, -0.2) is 4.98 Å². The normalized spacial score (nSPS) is 16.2. The summed E-state index contributed by atoms with van der Waals surface area (Å²) in [4.78, 5) is 16.8. The Morgan fingerprint density at radius 3 is 2.96 bits per heavy atom. The Balaban J connectivity index is 1.75. The van der Waals surface area contributed by atoms with Crippen LogP contribution in [0.2, 0.25) is 0 Å². The van der Waals surface area contributed by atoms with E-state index in [-0.39, 0.29) is 17.9 Å². The highest BCUT2D eigenvalue weighted by Crippen LogP contribution is 2.33. The molecule has 0 fully saturated rings. The number of carbonyl (C=O) groups is 1. The first kappa shape index (κ1) is 18.7. The molecule has 3 aromatic rings. The van der Waals surface area contributed by atoms with Crippen molar-refractivity contribution in [1.29, 1.82) is 5.26 Å². The van der Waals surface area contributed by atoms with Gasteiger partial charge < -0.3 is 9.88 Å². The van der Waals surface area contributed by atoms with Crippen molar-refractivity contribution in [2.75, 3.05) is 0 Å². The van der Waals surface area contributed by atoms with Gasteiger partial charge in [0.05, 0.1) is 28.9 Å². The molecule has 0 saturated carbocycles. The van der Waals surface area contributed by atoms with Gasteiger partial charge in [-0.3, -0.25) is 4.79 Å². The molecule has 0 radical (unpaired) electrons. The average Bonchev–Trinajstić information content (AvgIpc) is 3.23. The van der Waals surface area contributed by atoms with Crippen LogP contribution < -0.4 is 5.32 Å². The quantitative estimate of drug-likeness (QED) is 0.731. The second-order valence-electron chi connectivity index (χ2n) is 7.82. The zero-order valence-corrected chi connectivity index (χ0v) is 17.3. The summed E-state index contributed by atoms with van der Waals surface area (Å²) >= 11 is 1.67. The number of fused-ring (bicyclic) bond motifs is 3. The fourth-order valence-corrected chi connectivity index (χ4v) is 4.64. The molecular formula is C22H24N4OS. The van der Waals surface area contributed by atoms with Crippen molar-refractivity contribution in [2.24, 2.45) is 5.92 Å². The van der Waals surface area contributed by atoms with Crippen molar-refractivity contribution in [3.8, 4) is 6.07 Å². The highest BCUT2D eigenvalue weighted by Gasteiger charge is 2.27. The van der Waals surface area contributed by atoms with Crippen molar-refractivity contribution in [3.63, 3.8) is 0 Å². The summed E-state index contributed by atoms with van der Waals surface area (Å²) in [6.45, 7) is 6.61. The van der Waals surface area contributed by atoms with Gasteiger partial charge in [0.2, 0.25) is 5.91 Å². The first-order chi connectivity index (χ1) is 13.5. The average molecular weight is 393 g/mol. The minimum atomic E-state index is -0.0131. The number of nitriles is 1. The summed E-state index contributed by atoms with van der Waals surface area (Å²) in [5.74, 6) is 0.0914. The highest BCUT2D eigenvalue weighted by atomic mass is 32.1. The van der Waals surface area contributed by atoms with Crippen molar-refractivity contribution in [2.45, 2.75) is 52.6 Å². The van der Waals surface area contributed by atoms with Crippen molar-refractivity contribution >= 4 is 28.1 Å². The van der Waals surface area contributed by atoms with E-state index in [4.69, 9.17) is 0 Å². The van der Waals surface area contributed by atoms with Crippen LogP contribution in [0.15, 0.2) is 23.6 Å². The molecular weight excluding hydrogens is 368 g/mol. The molecule has 0 bridgehead atoms. The molecule has 6 heteroatoms. The van der Waals surface area contributed by atoms with E-state index in [2.05, 4.69) is 26.3 Å². The molecule has 2 aromatic heterocycles. The molecule has 1 N–H and O–H groups in total. The second kappa shape index (κ2) is 7.40. The summed E-state index contributed by atoms with van der Waals surface area (Å²) in [6.07, 6.45) is 2.66. The third-order valence-electron chi connectivity index (χ3n) is 5.45. The lowest BCUT2D eigenvalue weighted by atomic mass is 9.90. The van der Waals surface area contributed by atoms with Crippen LogP contribution in [0.5, 0.6) is 0 Å². The van der Waals surface area contributed by atoms with Crippen molar-refractivity contribution in [3.05, 3.63) is 51.1 Å². The highest BCUT2D eigenvalue weighted by molar-refractivity contribution is 7.09. The molecule has 144 valence electrons. The summed E-state index contributed by atoms with van der Waals surface area (Å²) in [7, 11) is 0. The zero-order valence-electron chi connectivity index (χ0n) is 16.5. The molecule has 1 aromatic carbocycles. The number of aryl methyl sites for hydroxylation is 1. The van der Waals surface area contributed by atoms with E-state index in [1.807, 2.05) is 39.0 Å². The summed E-state index contributed by atoms with van der Waals surface area (Å²) in [5, 5.41) is 16.9. The van der Waals surface area contributed by atoms with Crippen LogP contribution >= 0.6 is 11.3 Å². The molecule has 1 atom stereocenters. The predicted molar refractivity (Wildman–Crippen MR) is 111 cm³/mol. The van der Waals surface area contributed by atoms with Gasteiger partial charge >= 0.3 is 0 Å². The molecule has 0 aliphatic heterocycles. The van der Waals surface area contributed by atoms with Crippen molar-refractivity contribution < 1.29 is 4.79 Å². The third-order valence-corrected chi connectivity index (χ3v) is 6.28. The smallest absolute Gasteiger partial charge is 0.222 e. The fourth-order valence-electron chi connectivity index (χ4n) is 4.03. The van der Waals surface area contributed by atoms with Crippen LogP contribution in [0, 0.1) is 24.2 Å². The first-order valence-corrected chi connectivity index (χ1v) is 10.6. The summed E-state index contributed by atoms with van der Waals surface area (Å²) < 4.78 is 2.35. The molecule has 5 nitrogen and oxygen atoms in total. The van der Waals surface area contributed by atoms with E-state index < -0.39 is 0 Å². The molecule has 1 unspecified atom stereocenters. The lowest BCUT2D eigenvalue weighted by Gasteiger charge is -2.25. The number of aromatic nitrogens is 2. The second-order valence-corrected chi connectivity index (χ2v) is 8.88. The van der Waals surface area contributed by atoms with Gasteiger partial charge in [0.15, 0.2) is 0 Å². The maximum atomic E-state index is 12.2. The van der Waals surface area contributed by atoms with Gasteiger partial charge in [-0.05, 0) is 49.9 Å². The van der Waals surface area contributed by atoms with Gasteiger partial charge in [0.25, 0.3) is 0 Å². The third kappa shape index (κ3) is 3.43. The lowest BCUT2D eigenvalue weighted by Crippen LogP contribution is -2.41. The Morgan fingerprint density at radius 2 is 2.29 bits per heavy atom. The van der Waals surface area contributed by atoms with Crippen LogP contribution in [-0.4, -0.2) is 21.5 Å². The number of amides is 1. The van der Waals surface area contributed by atoms with E-state index >= 15 is 0 Å². The van der Waals surface area contributed by atoms with Gasteiger partial charge in [-0.1, -0.05) is 13.8 Å². The Hall–Kier alpha value is -2.65. The molecule has 0 saturated heterocycles. The molecule has 1 aliphatic carbocycles. The van der Waals surface area contributed by atoms with E-state index in [0.29, 0.717) is 5.56 Å². The number of carbonyl (C=O) groups excluding carboxylic acids is 1. The number of rotatable bonds is 4. The SMILES string of the molecule is Cc1nc(Cn2c3c(c4cc(C#N)ccc42)CC(NC(=O)C(C)C)CC3)cs1. The minimum Gasteiger partial charge on any atom is -0.353 e. The number of hydrogen-bond acceptors (Lipinski definition) is 4. The van der Waals surface area contributed by atoms with E-state index in [0.717, 1.165) is 47.4 Å². The Labute approximate surface area is 169 Å². The summed E-state index contributed by atoms with van der Waals surface area (Å²) in [5.41, 5.74) is 5.46. The van der Waals surface area contributed by atoms with Crippen LogP contribution in [0.1, 0.15) is 47.8 Å². The fraction of sp³-hybridized carbons (Fsp3) is 0.409. The maximum Gasteiger partial charge on any atom is 0.222 e. The van der Waals surface area contributed by atoms with Crippen LogP contribution in [0.25, 0.3) is 10.9 Å². The molecule has 2 heterocycles. The molecule has 0 spiro atoms. The number of nitrogens with one attached hydrogen (secondary N) is 1. The van der Waals surface area contributed by atoms with Gasteiger partial charge in [-0.15, -0.1) is 11.3 Å². The molecule has 1 amide bonds. The predicted octanol–water partition coefficient (Wildman–Crippen LogP) is 3.96. The van der Waals surface area contributed by atoms with Crippen LogP contribution in [0.3, 0.4) is 0 Å². The first-order valence-electron chi connectivity index (χ1n) is 9.71. The maximum absolute atomic E-state index is 12.2. The van der Waals surface area contributed by atoms with Crippen LogP contribution in [-0.2, 0) is 24.2 Å². The molecule has 4 rings (SSSR count). The molecule has 1 aliphatic rings. The topological polar surface area (TPSA) is 70.7 Å². The van der Waals surface area contributed by atoms with Gasteiger partial charge in [0.1, 0.15) is 0 Å². The number of hydrogen-bond donors (Lipinski definition) is 1. The van der Waals surface area contributed by atoms with E-state index in [1.165, 1.54) is 11.3 Å². The standard InChI is InChI=1S/C22H24N4OS/c1-13(2)22(27)25-16-5-7-21-19(9-16)18-8-15(10-23)4-6-20(18)26(21)11-17-12-28-14(3)24-17/h4,6,8,12-13,16H,5,7,9,11H2,1-3H3,(H,25,27). The zero-order chi connectivity index (χ0) is 19.8. The molecule has 28 heavy (non-hydrogen) atoms. The van der Waals surface area contributed by atoms with E-state index in [1.54, 1.807) is 11.3 Å². The monoisotopic (exact) mass is 392 g/mol. The Bertz CT molecular complexity index is 1090. The Morgan fingerprint density at radius 1 is 1.46 bits per heavy atom.